The van der Waals surface area contributed by atoms with E-state index in [9.17, 15) is 5.11 Å². The molecule has 8 unspecified atom stereocenters. The van der Waals surface area contributed by atoms with E-state index in [0.717, 1.165) is 24.3 Å². The van der Waals surface area contributed by atoms with Crippen LogP contribution >= 0.6 is 12.4 Å². The lowest BCUT2D eigenvalue weighted by atomic mass is 9.65. The Kier molecular flexibility index (Phi) is 7.55. The maximum absolute atomic E-state index is 11.9. The van der Waals surface area contributed by atoms with Gasteiger partial charge in [0.05, 0.1) is 19.6 Å². The summed E-state index contributed by atoms with van der Waals surface area (Å²) in [5.74, 6) is 3.62. The van der Waals surface area contributed by atoms with Gasteiger partial charge >= 0.3 is 0 Å². The van der Waals surface area contributed by atoms with Crippen molar-refractivity contribution in [3.05, 3.63) is 12.7 Å². The van der Waals surface area contributed by atoms with Gasteiger partial charge in [-0.15, -0.1) is 19.0 Å². The molecule has 2 bridgehead atoms. The van der Waals surface area contributed by atoms with Crippen LogP contribution < -0.4 is 5.32 Å². The minimum atomic E-state index is -0.0835. The largest absolute Gasteiger partial charge is 0.387 e. The second-order valence-corrected chi connectivity index (χ2v) is 11.5. The summed E-state index contributed by atoms with van der Waals surface area (Å²) in [6, 6.07) is 1.18. The average Bonchev–Trinajstić information content (AvgIpc) is 2.78. The molecule has 0 aromatic heterocycles. The molecule has 3 nitrogen and oxygen atoms in total. The average molecular weight is 440 g/mol. The third kappa shape index (κ3) is 4.26. The summed E-state index contributed by atoms with van der Waals surface area (Å²) in [7, 11) is 0. The monoisotopic (exact) mass is 439 g/mol. The number of aliphatic hydroxyl groups is 1. The third-order valence-corrected chi connectivity index (χ3v) is 10.1. The van der Waals surface area contributed by atoms with Crippen molar-refractivity contribution in [1.82, 2.24) is 5.32 Å². The molecule has 6 rings (SSSR count). The van der Waals surface area contributed by atoms with Crippen molar-refractivity contribution in [2.24, 2.45) is 29.6 Å². The summed E-state index contributed by atoms with van der Waals surface area (Å²) in [5, 5.41) is 15.7. The van der Waals surface area contributed by atoms with Crippen molar-refractivity contribution in [1.29, 1.82) is 0 Å². The van der Waals surface area contributed by atoms with E-state index in [2.05, 4.69) is 18.0 Å². The van der Waals surface area contributed by atoms with Crippen LogP contribution in [0.1, 0.15) is 78.5 Å². The molecular formula is C26H48ClN2O+. The van der Waals surface area contributed by atoms with Crippen LogP contribution in [-0.4, -0.2) is 54.0 Å². The highest BCUT2D eigenvalue weighted by molar-refractivity contribution is 5.85. The predicted octanol–water partition coefficient (Wildman–Crippen LogP) is 5.17. The minimum Gasteiger partial charge on any atom is -0.387 e. The van der Waals surface area contributed by atoms with Gasteiger partial charge in [0.1, 0.15) is 12.1 Å². The molecule has 0 spiro atoms. The SMILES string of the molecule is C=CC1C[N+]2(CC3CCCCC3)CCC1CC2C(O)C1CCNC2CCCCC21.Cl.[HH]. The van der Waals surface area contributed by atoms with Crippen molar-refractivity contribution in [2.75, 3.05) is 26.2 Å². The van der Waals surface area contributed by atoms with Gasteiger partial charge in [-0.1, -0.05) is 38.2 Å². The van der Waals surface area contributed by atoms with Gasteiger partial charge in [0.2, 0.25) is 0 Å². The molecule has 0 aromatic carbocycles. The lowest BCUT2D eigenvalue weighted by Gasteiger charge is -2.60. The highest BCUT2D eigenvalue weighted by Gasteiger charge is 2.56. The molecule has 4 heterocycles. The van der Waals surface area contributed by atoms with Crippen LogP contribution in [0, 0.1) is 29.6 Å². The van der Waals surface area contributed by atoms with Crippen LogP contribution in [0.2, 0.25) is 0 Å². The molecule has 8 atom stereocenters. The number of nitrogens with zero attached hydrogens (tertiary/aromatic N) is 1. The maximum atomic E-state index is 11.9. The van der Waals surface area contributed by atoms with Gasteiger partial charge < -0.3 is 14.9 Å². The first-order chi connectivity index (χ1) is 14.2. The van der Waals surface area contributed by atoms with Gasteiger partial charge in [0.15, 0.2) is 0 Å². The van der Waals surface area contributed by atoms with Crippen LogP contribution in [0.25, 0.3) is 0 Å². The van der Waals surface area contributed by atoms with Crippen LogP contribution in [0.15, 0.2) is 12.7 Å². The number of rotatable bonds is 5. The summed E-state index contributed by atoms with van der Waals surface area (Å²) in [6.45, 7) is 9.28. The first kappa shape index (κ1) is 23.1. The first-order valence-corrected chi connectivity index (χ1v) is 13.1. The Balaban J connectivity index is 0.00000136. The number of nitrogens with one attached hydrogen (secondary N) is 1. The molecule has 174 valence electrons. The van der Waals surface area contributed by atoms with E-state index in [4.69, 9.17) is 0 Å². The molecule has 2 saturated carbocycles. The number of halogens is 1. The zero-order valence-corrected chi connectivity index (χ0v) is 19.8. The number of piperidine rings is 4. The van der Waals surface area contributed by atoms with Crippen molar-refractivity contribution >= 4 is 12.4 Å². The van der Waals surface area contributed by atoms with Crippen molar-refractivity contribution < 1.29 is 11.0 Å². The lowest BCUT2D eigenvalue weighted by molar-refractivity contribution is -0.975. The fraction of sp³-hybridized carbons (Fsp3) is 0.923. The van der Waals surface area contributed by atoms with E-state index in [1.165, 1.54) is 101 Å². The van der Waals surface area contributed by atoms with E-state index in [1.54, 1.807) is 0 Å². The van der Waals surface area contributed by atoms with Gasteiger partial charge in [-0.05, 0) is 56.4 Å². The van der Waals surface area contributed by atoms with E-state index in [1.807, 2.05) is 0 Å². The molecule has 0 amide bonds. The Morgan fingerprint density at radius 2 is 1.80 bits per heavy atom. The van der Waals surface area contributed by atoms with Crippen LogP contribution in [-0.2, 0) is 0 Å². The summed E-state index contributed by atoms with van der Waals surface area (Å²) < 4.78 is 1.24. The third-order valence-electron chi connectivity index (χ3n) is 10.1. The highest BCUT2D eigenvalue weighted by Crippen LogP contribution is 2.48. The normalized spacial score (nSPS) is 45.2. The Bertz CT molecular complexity index is 584. The number of hydrogen-bond donors (Lipinski definition) is 2. The molecule has 6 fully saturated rings. The van der Waals surface area contributed by atoms with Crippen molar-refractivity contribution in [3.8, 4) is 0 Å². The van der Waals surface area contributed by atoms with Gasteiger partial charge in [-0.25, -0.2) is 0 Å². The summed E-state index contributed by atoms with van der Waals surface area (Å²) in [4.78, 5) is 0. The van der Waals surface area contributed by atoms with Crippen molar-refractivity contribution in [3.63, 3.8) is 0 Å². The number of quaternary nitrogens is 1. The van der Waals surface area contributed by atoms with Gasteiger partial charge in [-0.3, -0.25) is 0 Å². The Hall–Kier alpha value is -0.0900. The topological polar surface area (TPSA) is 32.3 Å². The highest BCUT2D eigenvalue weighted by atomic mass is 35.5. The molecule has 2 aliphatic carbocycles. The summed E-state index contributed by atoms with van der Waals surface area (Å²) >= 11 is 0. The van der Waals surface area contributed by atoms with Gasteiger partial charge in [-0.2, -0.15) is 0 Å². The standard InChI is InChI=1S/C26H45N2O.ClH.H2/c1-2-20-18-28(17-19-8-4-3-5-9-19)15-13-21(20)16-25(28)26(29)23-12-14-27-24-11-7-6-10-22(23)24;;/h2,19-27,29H,1,3-18H2;2*1H/q+1;;. The first-order valence-electron chi connectivity index (χ1n) is 13.1. The Labute approximate surface area is 192 Å². The molecule has 0 aromatic rings. The van der Waals surface area contributed by atoms with E-state index in [0.29, 0.717) is 23.9 Å². The quantitative estimate of drug-likeness (QED) is 0.457. The molecule has 4 saturated heterocycles. The van der Waals surface area contributed by atoms with Gasteiger partial charge in [0.25, 0.3) is 0 Å². The Morgan fingerprint density at radius 3 is 2.60 bits per heavy atom. The minimum absolute atomic E-state index is 0. The van der Waals surface area contributed by atoms with Crippen LogP contribution in [0.5, 0.6) is 0 Å². The molecular weight excluding hydrogens is 392 g/mol. The second kappa shape index (κ2) is 9.81. The number of fused-ring (bicyclic) bond motifs is 4. The number of hydrogen-bond acceptors (Lipinski definition) is 2. The van der Waals surface area contributed by atoms with Crippen LogP contribution in [0.3, 0.4) is 0 Å². The molecule has 2 N–H and O–H groups in total. The van der Waals surface area contributed by atoms with E-state index < -0.39 is 0 Å². The van der Waals surface area contributed by atoms with Crippen LogP contribution in [0.4, 0.5) is 0 Å². The fourth-order valence-corrected chi connectivity index (χ4v) is 8.62. The molecule has 4 heteroatoms. The molecule has 30 heavy (non-hydrogen) atoms. The smallest absolute Gasteiger partial charge is 0.116 e. The summed E-state index contributed by atoms with van der Waals surface area (Å²) in [5.41, 5.74) is 0. The molecule has 4 aliphatic heterocycles. The van der Waals surface area contributed by atoms with Crippen molar-refractivity contribution in [2.45, 2.75) is 95.2 Å². The fourth-order valence-electron chi connectivity index (χ4n) is 8.62. The second-order valence-electron chi connectivity index (χ2n) is 11.5. The number of aliphatic hydroxyl groups excluding tert-OH is 1. The molecule has 0 radical (unpaired) electrons. The lowest BCUT2D eigenvalue weighted by Crippen LogP contribution is -2.72. The van der Waals surface area contributed by atoms with Gasteiger partial charge in [0, 0.05) is 32.1 Å². The summed E-state index contributed by atoms with van der Waals surface area (Å²) in [6.07, 6.45) is 18.6. The Morgan fingerprint density at radius 1 is 1.03 bits per heavy atom. The predicted molar refractivity (Wildman–Crippen MR) is 129 cm³/mol. The van der Waals surface area contributed by atoms with E-state index in [-0.39, 0.29) is 19.9 Å². The maximum Gasteiger partial charge on any atom is 0.116 e. The molecule has 6 aliphatic rings. The zero-order valence-electron chi connectivity index (χ0n) is 19.0. The van der Waals surface area contributed by atoms with E-state index >= 15 is 0 Å². The zero-order chi connectivity index (χ0) is 19.8.